The molecule has 19 heavy (non-hydrogen) atoms. The van der Waals surface area contributed by atoms with Crippen molar-refractivity contribution in [3.8, 4) is 0 Å². The molecule has 0 heterocycles. The lowest BCUT2D eigenvalue weighted by Crippen LogP contribution is -2.39. The van der Waals surface area contributed by atoms with Gasteiger partial charge in [0.25, 0.3) is 5.91 Å². The molecule has 0 aromatic heterocycles. The van der Waals surface area contributed by atoms with Crippen LogP contribution in [0.5, 0.6) is 0 Å². The molecule has 1 amide bonds. The fourth-order valence-electron chi connectivity index (χ4n) is 1.62. The monoisotopic (exact) mass is 287 g/mol. The Morgan fingerprint density at radius 2 is 2.05 bits per heavy atom. The minimum atomic E-state index is -3.16. The second kappa shape index (κ2) is 6.14. The molecule has 1 atom stereocenters. The van der Waals surface area contributed by atoms with Gasteiger partial charge in [-0.25, -0.2) is 12.8 Å². The van der Waals surface area contributed by atoms with E-state index in [1.54, 1.807) is 13.8 Å². The molecule has 1 unspecified atom stereocenters. The largest absolute Gasteiger partial charge is 0.338 e. The van der Waals surface area contributed by atoms with Crippen molar-refractivity contribution in [2.75, 3.05) is 18.6 Å². The first kappa shape index (κ1) is 15.6. The van der Waals surface area contributed by atoms with Gasteiger partial charge in [-0.2, -0.15) is 0 Å². The molecule has 0 radical (unpaired) electrons. The van der Waals surface area contributed by atoms with Crippen LogP contribution < -0.4 is 0 Å². The average molecular weight is 287 g/mol. The Morgan fingerprint density at radius 3 is 2.58 bits per heavy atom. The maximum atomic E-state index is 13.1. The lowest BCUT2D eigenvalue weighted by Gasteiger charge is -2.24. The molecule has 1 rings (SSSR count). The van der Waals surface area contributed by atoms with Gasteiger partial charge in [0.1, 0.15) is 5.82 Å². The van der Waals surface area contributed by atoms with Crippen molar-refractivity contribution in [3.05, 3.63) is 35.6 Å². The van der Waals surface area contributed by atoms with Gasteiger partial charge in [-0.05, 0) is 25.1 Å². The highest BCUT2D eigenvalue weighted by atomic mass is 32.2. The Bertz CT molecular complexity index is 557. The van der Waals surface area contributed by atoms with Crippen molar-refractivity contribution in [1.82, 2.24) is 4.90 Å². The molecule has 0 saturated heterocycles. The Hall–Kier alpha value is -1.43. The van der Waals surface area contributed by atoms with Crippen LogP contribution in [0.2, 0.25) is 0 Å². The van der Waals surface area contributed by atoms with Gasteiger partial charge in [0, 0.05) is 24.4 Å². The van der Waals surface area contributed by atoms with Gasteiger partial charge in [-0.3, -0.25) is 4.79 Å². The van der Waals surface area contributed by atoms with E-state index in [0.717, 1.165) is 6.07 Å². The van der Waals surface area contributed by atoms with Crippen LogP contribution in [0.15, 0.2) is 24.3 Å². The van der Waals surface area contributed by atoms with Crippen molar-refractivity contribution in [2.24, 2.45) is 0 Å². The average Bonchev–Trinajstić information content (AvgIpc) is 2.36. The Morgan fingerprint density at radius 1 is 1.42 bits per heavy atom. The van der Waals surface area contributed by atoms with Crippen LogP contribution in [-0.2, 0) is 9.84 Å². The van der Waals surface area contributed by atoms with Crippen LogP contribution in [-0.4, -0.2) is 43.8 Å². The summed E-state index contributed by atoms with van der Waals surface area (Å²) in [5.41, 5.74) is 0.211. The van der Waals surface area contributed by atoms with E-state index >= 15 is 0 Å². The minimum Gasteiger partial charge on any atom is -0.338 e. The number of carbonyl (C=O) groups excluding carboxylic acids is 1. The van der Waals surface area contributed by atoms with E-state index in [1.807, 2.05) is 0 Å². The van der Waals surface area contributed by atoms with Gasteiger partial charge in [0.15, 0.2) is 9.84 Å². The van der Waals surface area contributed by atoms with Crippen LogP contribution >= 0.6 is 0 Å². The SMILES string of the molecule is CCS(=O)(=O)CC(C)N(C)C(=O)c1cccc(F)c1. The second-order valence-electron chi connectivity index (χ2n) is 4.47. The Kier molecular flexibility index (Phi) is 5.05. The Balaban J connectivity index is 2.83. The summed E-state index contributed by atoms with van der Waals surface area (Å²) < 4.78 is 36.1. The third-order valence-electron chi connectivity index (χ3n) is 2.99. The molecule has 1 aromatic rings. The van der Waals surface area contributed by atoms with Crippen molar-refractivity contribution >= 4 is 15.7 Å². The van der Waals surface area contributed by atoms with Gasteiger partial charge < -0.3 is 4.90 Å². The summed E-state index contributed by atoms with van der Waals surface area (Å²) in [6.45, 7) is 3.22. The van der Waals surface area contributed by atoms with Crippen LogP contribution in [0.25, 0.3) is 0 Å². The number of hydrogen-bond acceptors (Lipinski definition) is 3. The predicted octanol–water partition coefficient (Wildman–Crippen LogP) is 1.72. The van der Waals surface area contributed by atoms with Crippen molar-refractivity contribution in [2.45, 2.75) is 19.9 Å². The molecular weight excluding hydrogens is 269 g/mol. The summed E-state index contributed by atoms with van der Waals surface area (Å²) in [4.78, 5) is 13.4. The number of amides is 1. The molecule has 0 spiro atoms. The zero-order chi connectivity index (χ0) is 14.6. The topological polar surface area (TPSA) is 54.5 Å². The molecule has 4 nitrogen and oxygen atoms in total. The lowest BCUT2D eigenvalue weighted by molar-refractivity contribution is 0.0756. The third kappa shape index (κ3) is 4.31. The predicted molar refractivity (Wildman–Crippen MR) is 72.3 cm³/mol. The van der Waals surface area contributed by atoms with E-state index in [2.05, 4.69) is 0 Å². The highest BCUT2D eigenvalue weighted by molar-refractivity contribution is 7.91. The maximum absolute atomic E-state index is 13.1. The fourth-order valence-corrected chi connectivity index (χ4v) is 2.82. The lowest BCUT2D eigenvalue weighted by atomic mass is 10.2. The van der Waals surface area contributed by atoms with Crippen LogP contribution in [0.1, 0.15) is 24.2 Å². The normalized spacial score (nSPS) is 13.1. The second-order valence-corrected chi connectivity index (χ2v) is 6.87. The standard InChI is InChI=1S/C13H18FNO3S/c1-4-19(17,18)9-10(2)15(3)13(16)11-6-5-7-12(14)8-11/h5-8,10H,4,9H2,1-3H3. The van der Waals surface area contributed by atoms with E-state index in [-0.39, 0.29) is 17.1 Å². The number of sulfone groups is 1. The summed E-state index contributed by atoms with van der Waals surface area (Å²) in [5, 5.41) is 0. The van der Waals surface area contributed by atoms with E-state index in [0.29, 0.717) is 0 Å². The first-order chi connectivity index (χ1) is 8.76. The van der Waals surface area contributed by atoms with Gasteiger partial charge in [0.05, 0.1) is 5.75 Å². The highest BCUT2D eigenvalue weighted by Crippen LogP contribution is 2.10. The van der Waals surface area contributed by atoms with Crippen molar-refractivity contribution in [1.29, 1.82) is 0 Å². The highest BCUT2D eigenvalue weighted by Gasteiger charge is 2.22. The molecule has 1 aromatic carbocycles. The van der Waals surface area contributed by atoms with Gasteiger partial charge in [-0.15, -0.1) is 0 Å². The van der Waals surface area contributed by atoms with Gasteiger partial charge in [0.2, 0.25) is 0 Å². The van der Waals surface area contributed by atoms with Crippen LogP contribution in [0, 0.1) is 5.82 Å². The molecule has 0 aliphatic rings. The molecule has 6 heteroatoms. The van der Waals surface area contributed by atoms with Gasteiger partial charge in [-0.1, -0.05) is 13.0 Å². The summed E-state index contributed by atoms with van der Waals surface area (Å²) in [6, 6.07) is 4.88. The smallest absolute Gasteiger partial charge is 0.253 e. The van der Waals surface area contributed by atoms with Crippen molar-refractivity contribution < 1.29 is 17.6 Å². The minimum absolute atomic E-state index is 0.0410. The molecule has 0 N–H and O–H groups in total. The Labute approximate surface area is 113 Å². The number of hydrogen-bond donors (Lipinski definition) is 0. The van der Waals surface area contributed by atoms with Crippen molar-refractivity contribution in [3.63, 3.8) is 0 Å². The quantitative estimate of drug-likeness (QED) is 0.828. The van der Waals surface area contributed by atoms with E-state index < -0.39 is 27.6 Å². The first-order valence-electron chi connectivity index (χ1n) is 6.00. The number of benzene rings is 1. The van der Waals surface area contributed by atoms with E-state index in [9.17, 15) is 17.6 Å². The fraction of sp³-hybridized carbons (Fsp3) is 0.462. The van der Waals surface area contributed by atoms with Gasteiger partial charge >= 0.3 is 0 Å². The molecule has 0 aliphatic heterocycles. The number of nitrogens with zero attached hydrogens (tertiary/aromatic N) is 1. The zero-order valence-corrected chi connectivity index (χ0v) is 12.1. The summed E-state index contributed by atoms with van der Waals surface area (Å²) >= 11 is 0. The van der Waals surface area contributed by atoms with E-state index in [4.69, 9.17) is 0 Å². The molecule has 0 aliphatic carbocycles. The van der Waals surface area contributed by atoms with Crippen LogP contribution in [0.3, 0.4) is 0 Å². The van der Waals surface area contributed by atoms with E-state index in [1.165, 1.54) is 30.1 Å². The molecule has 106 valence electrons. The molecule has 0 fully saturated rings. The maximum Gasteiger partial charge on any atom is 0.253 e. The molecule has 0 saturated carbocycles. The summed E-state index contributed by atoms with van der Waals surface area (Å²) in [5.74, 6) is -0.938. The number of carbonyl (C=O) groups is 1. The van der Waals surface area contributed by atoms with Crippen LogP contribution in [0.4, 0.5) is 4.39 Å². The molecular formula is C13H18FNO3S. The molecule has 0 bridgehead atoms. The zero-order valence-electron chi connectivity index (χ0n) is 11.3. The summed E-state index contributed by atoms with van der Waals surface area (Å²) in [6.07, 6.45) is 0. The summed E-state index contributed by atoms with van der Waals surface area (Å²) in [7, 11) is -1.64. The number of halogens is 1. The first-order valence-corrected chi connectivity index (χ1v) is 7.82. The third-order valence-corrected chi connectivity index (χ3v) is 4.86. The number of rotatable bonds is 5.